The van der Waals surface area contributed by atoms with E-state index in [1.165, 1.54) is 17.1 Å². The molecule has 130 valence electrons. The van der Waals surface area contributed by atoms with Gasteiger partial charge >= 0.3 is 0 Å². The van der Waals surface area contributed by atoms with E-state index in [1.807, 2.05) is 0 Å². The molecule has 1 aliphatic carbocycles. The van der Waals surface area contributed by atoms with Gasteiger partial charge in [-0.25, -0.2) is 4.68 Å². The summed E-state index contributed by atoms with van der Waals surface area (Å²) in [6.45, 7) is 0.201. The predicted molar refractivity (Wildman–Crippen MR) is 94.1 cm³/mol. The lowest BCUT2D eigenvalue weighted by molar-refractivity contribution is -0.115. The molecule has 2 aromatic rings. The standard InChI is InChI=1S/C16H13Cl3N4O2/c17-11-6-5-9(15(19)10(11)7-23-8-20-21-22-23)16(25)14-12(18)3-1-2-4-13(14)24/h5-6,8H,1-4,7H2. The normalized spacial score (nSPS) is 15.4. The molecule has 1 aliphatic rings. The van der Waals surface area contributed by atoms with Crippen molar-refractivity contribution in [1.82, 2.24) is 20.2 Å². The van der Waals surface area contributed by atoms with Crippen LogP contribution in [0.3, 0.4) is 0 Å². The summed E-state index contributed by atoms with van der Waals surface area (Å²) in [6.07, 6.45) is 3.72. The lowest BCUT2D eigenvalue weighted by Gasteiger charge is -2.12. The Hall–Kier alpha value is -1.76. The minimum absolute atomic E-state index is 0.0248. The van der Waals surface area contributed by atoms with E-state index in [9.17, 15) is 9.59 Å². The van der Waals surface area contributed by atoms with Gasteiger partial charge in [-0.3, -0.25) is 9.59 Å². The van der Waals surface area contributed by atoms with E-state index in [2.05, 4.69) is 15.5 Å². The molecular formula is C16H13Cl3N4O2. The lowest BCUT2D eigenvalue weighted by atomic mass is 9.97. The summed E-state index contributed by atoms with van der Waals surface area (Å²) in [4.78, 5) is 25.2. The number of ketones is 2. The molecule has 0 spiro atoms. The first-order chi connectivity index (χ1) is 12.0. The molecule has 0 amide bonds. The van der Waals surface area contributed by atoms with Crippen LogP contribution in [0.1, 0.15) is 41.6 Å². The maximum atomic E-state index is 12.9. The van der Waals surface area contributed by atoms with Gasteiger partial charge in [0.2, 0.25) is 0 Å². The van der Waals surface area contributed by atoms with Crippen molar-refractivity contribution in [3.05, 3.63) is 50.2 Å². The SMILES string of the molecule is O=C1CCCCC(Cl)=C1C(=O)c1ccc(Cl)c(Cn2cnnn2)c1Cl. The molecule has 0 atom stereocenters. The third kappa shape index (κ3) is 3.76. The Bertz CT molecular complexity index is 863. The number of nitrogens with zero attached hydrogens (tertiary/aromatic N) is 4. The van der Waals surface area contributed by atoms with Gasteiger partial charge in [0.1, 0.15) is 6.33 Å². The number of carbonyl (C=O) groups is 2. The van der Waals surface area contributed by atoms with Gasteiger partial charge in [0.05, 0.1) is 17.1 Å². The maximum absolute atomic E-state index is 12.9. The maximum Gasteiger partial charge on any atom is 0.199 e. The molecule has 0 fully saturated rings. The molecule has 0 radical (unpaired) electrons. The number of benzene rings is 1. The number of allylic oxidation sites excluding steroid dienone is 2. The average Bonchev–Trinajstić information content (AvgIpc) is 3.02. The first-order valence-electron chi connectivity index (χ1n) is 7.63. The van der Waals surface area contributed by atoms with Gasteiger partial charge in [-0.05, 0) is 41.8 Å². The molecular weight excluding hydrogens is 387 g/mol. The van der Waals surface area contributed by atoms with E-state index in [4.69, 9.17) is 34.8 Å². The van der Waals surface area contributed by atoms with E-state index in [1.54, 1.807) is 6.07 Å². The molecule has 6 nitrogen and oxygen atoms in total. The average molecular weight is 400 g/mol. The predicted octanol–water partition coefficient (Wildman–Crippen LogP) is 3.85. The summed E-state index contributed by atoms with van der Waals surface area (Å²) in [5.74, 6) is -0.725. The molecule has 0 saturated carbocycles. The summed E-state index contributed by atoms with van der Waals surface area (Å²) in [5, 5.41) is 11.7. The van der Waals surface area contributed by atoms with E-state index >= 15 is 0 Å². The van der Waals surface area contributed by atoms with Crippen molar-refractivity contribution in [2.24, 2.45) is 0 Å². The van der Waals surface area contributed by atoms with Crippen LogP contribution < -0.4 is 0 Å². The first kappa shape index (κ1) is 18.0. The second-order valence-electron chi connectivity index (χ2n) is 5.63. The van der Waals surface area contributed by atoms with E-state index < -0.39 is 5.78 Å². The zero-order valence-corrected chi connectivity index (χ0v) is 15.3. The van der Waals surface area contributed by atoms with Gasteiger partial charge in [0.25, 0.3) is 0 Å². The lowest BCUT2D eigenvalue weighted by Crippen LogP contribution is -2.15. The van der Waals surface area contributed by atoms with Crippen molar-refractivity contribution in [1.29, 1.82) is 0 Å². The first-order valence-corrected chi connectivity index (χ1v) is 8.76. The number of hydrogen-bond acceptors (Lipinski definition) is 5. The molecule has 0 bridgehead atoms. The fraction of sp³-hybridized carbons (Fsp3) is 0.312. The highest BCUT2D eigenvalue weighted by molar-refractivity contribution is 6.43. The Kier molecular flexibility index (Phi) is 5.51. The quantitative estimate of drug-likeness (QED) is 0.576. The van der Waals surface area contributed by atoms with Gasteiger partial charge in [0, 0.05) is 27.6 Å². The fourth-order valence-corrected chi connectivity index (χ4v) is 3.59. The Labute approximate surface area is 158 Å². The number of hydrogen-bond donors (Lipinski definition) is 0. The number of rotatable bonds is 4. The van der Waals surface area contributed by atoms with E-state index in [-0.39, 0.29) is 28.5 Å². The monoisotopic (exact) mass is 398 g/mol. The Morgan fingerprint density at radius 3 is 2.64 bits per heavy atom. The number of aromatic nitrogens is 4. The number of tetrazole rings is 1. The Balaban J connectivity index is 2.02. The molecule has 0 N–H and O–H groups in total. The van der Waals surface area contributed by atoms with Crippen LogP contribution in [-0.4, -0.2) is 31.8 Å². The van der Waals surface area contributed by atoms with Gasteiger partial charge in [0.15, 0.2) is 11.6 Å². The molecule has 1 aromatic heterocycles. The second-order valence-corrected chi connectivity index (χ2v) is 6.88. The van der Waals surface area contributed by atoms with Crippen molar-refractivity contribution in [3.63, 3.8) is 0 Å². The summed E-state index contributed by atoms with van der Waals surface area (Å²) in [6, 6.07) is 3.07. The Morgan fingerprint density at radius 2 is 1.92 bits per heavy atom. The summed E-state index contributed by atoms with van der Waals surface area (Å²) in [5.41, 5.74) is 0.716. The number of halogens is 3. The van der Waals surface area contributed by atoms with Crippen LogP contribution in [-0.2, 0) is 11.3 Å². The third-order valence-corrected chi connectivity index (χ3v) is 5.13. The minimum atomic E-state index is -0.475. The summed E-state index contributed by atoms with van der Waals surface area (Å²) >= 11 is 18.8. The van der Waals surface area contributed by atoms with Crippen LogP contribution >= 0.6 is 34.8 Å². The molecule has 1 heterocycles. The molecule has 3 rings (SSSR count). The molecule has 0 aliphatic heterocycles. The van der Waals surface area contributed by atoms with Crippen molar-refractivity contribution in [3.8, 4) is 0 Å². The van der Waals surface area contributed by atoms with Crippen molar-refractivity contribution in [2.45, 2.75) is 32.2 Å². The van der Waals surface area contributed by atoms with E-state index in [0.717, 1.165) is 6.42 Å². The zero-order chi connectivity index (χ0) is 18.0. The van der Waals surface area contributed by atoms with Crippen molar-refractivity contribution < 1.29 is 9.59 Å². The number of Topliss-reactive ketones (excluding diaryl/α,β-unsaturated/α-hetero) is 2. The Morgan fingerprint density at radius 1 is 1.16 bits per heavy atom. The van der Waals surface area contributed by atoms with Gasteiger partial charge in [-0.1, -0.05) is 34.8 Å². The van der Waals surface area contributed by atoms with Crippen molar-refractivity contribution in [2.75, 3.05) is 0 Å². The van der Waals surface area contributed by atoms with Crippen LogP contribution in [0, 0.1) is 0 Å². The molecule has 0 saturated heterocycles. The second kappa shape index (κ2) is 7.64. The van der Waals surface area contributed by atoms with E-state index in [0.29, 0.717) is 34.9 Å². The summed E-state index contributed by atoms with van der Waals surface area (Å²) in [7, 11) is 0. The fourth-order valence-electron chi connectivity index (χ4n) is 2.68. The zero-order valence-electron chi connectivity index (χ0n) is 13.0. The van der Waals surface area contributed by atoms with Crippen LogP contribution in [0.2, 0.25) is 10.0 Å². The molecule has 1 aromatic carbocycles. The highest BCUT2D eigenvalue weighted by atomic mass is 35.5. The van der Waals surface area contributed by atoms with Gasteiger partial charge in [-0.15, -0.1) is 5.10 Å². The smallest absolute Gasteiger partial charge is 0.199 e. The number of carbonyl (C=O) groups excluding carboxylic acids is 2. The van der Waals surface area contributed by atoms with Crippen molar-refractivity contribution >= 4 is 46.4 Å². The molecule has 25 heavy (non-hydrogen) atoms. The third-order valence-electron chi connectivity index (χ3n) is 3.97. The summed E-state index contributed by atoms with van der Waals surface area (Å²) < 4.78 is 1.43. The largest absolute Gasteiger partial charge is 0.294 e. The highest BCUT2D eigenvalue weighted by Gasteiger charge is 2.27. The van der Waals surface area contributed by atoms with Gasteiger partial charge < -0.3 is 0 Å². The van der Waals surface area contributed by atoms with Gasteiger partial charge in [-0.2, -0.15) is 0 Å². The molecule has 0 unspecified atom stereocenters. The minimum Gasteiger partial charge on any atom is -0.294 e. The van der Waals surface area contributed by atoms with Crippen LogP contribution in [0.25, 0.3) is 0 Å². The van der Waals surface area contributed by atoms with Crippen LogP contribution in [0.4, 0.5) is 0 Å². The van der Waals surface area contributed by atoms with Crippen LogP contribution in [0.5, 0.6) is 0 Å². The molecule has 9 heteroatoms. The highest BCUT2D eigenvalue weighted by Crippen LogP contribution is 2.33. The van der Waals surface area contributed by atoms with Crippen LogP contribution in [0.15, 0.2) is 29.1 Å². The topological polar surface area (TPSA) is 77.7 Å².